The van der Waals surface area contributed by atoms with E-state index in [0.717, 1.165) is 0 Å². The number of aryl methyl sites for hydroxylation is 1. The van der Waals surface area contributed by atoms with E-state index in [2.05, 4.69) is 60.6 Å². The maximum Gasteiger partial charge on any atom is 0.175 e. The van der Waals surface area contributed by atoms with Crippen molar-refractivity contribution >= 4 is 23.6 Å². The van der Waals surface area contributed by atoms with E-state index in [0.29, 0.717) is 0 Å². The summed E-state index contributed by atoms with van der Waals surface area (Å²) in [7, 11) is 0. The highest BCUT2D eigenvalue weighted by molar-refractivity contribution is 7.08. The van der Waals surface area contributed by atoms with Gasteiger partial charge in [0.25, 0.3) is 0 Å². The molecule has 0 saturated heterocycles. The van der Waals surface area contributed by atoms with Crippen LogP contribution in [0.2, 0.25) is 0 Å². The lowest BCUT2D eigenvalue weighted by Gasteiger charge is -1.88. The first kappa shape index (κ1) is 12.1. The number of pyridine rings is 1. The zero-order valence-corrected chi connectivity index (χ0v) is 10.8. The predicted molar refractivity (Wildman–Crippen MR) is 60.9 cm³/mol. The highest BCUT2D eigenvalue weighted by atomic mass is 79.9. The van der Waals surface area contributed by atoms with Gasteiger partial charge in [-0.3, -0.25) is 0 Å². The SMILES string of the molecule is Cc1cc[n+](/C=C/c2ccsc2)cc1.[Br-]. The minimum absolute atomic E-state index is 0. The Bertz CT molecular complexity index is 417. The zero-order chi connectivity index (χ0) is 9.80. The second kappa shape index (κ2) is 5.83. The number of rotatable bonds is 2. The van der Waals surface area contributed by atoms with Crippen molar-refractivity contribution in [3.8, 4) is 0 Å². The number of hydrogen-bond acceptors (Lipinski definition) is 1. The van der Waals surface area contributed by atoms with Gasteiger partial charge < -0.3 is 17.0 Å². The monoisotopic (exact) mass is 281 g/mol. The Morgan fingerprint density at radius 2 is 1.93 bits per heavy atom. The van der Waals surface area contributed by atoms with Crippen molar-refractivity contribution in [2.45, 2.75) is 6.92 Å². The van der Waals surface area contributed by atoms with Gasteiger partial charge >= 0.3 is 0 Å². The van der Waals surface area contributed by atoms with Crippen LogP contribution in [0.4, 0.5) is 0 Å². The standard InChI is InChI=1S/C12H12NS.BrH/c1-11-2-6-13(7-3-11)8-4-12-5-9-14-10-12;/h2-10H,1H3;1H/q+1;/p-1/b8-4+;. The van der Waals surface area contributed by atoms with Crippen molar-refractivity contribution in [2.75, 3.05) is 0 Å². The molecule has 0 N–H and O–H groups in total. The molecule has 78 valence electrons. The predicted octanol–water partition coefficient (Wildman–Crippen LogP) is -0.0241. The number of aromatic nitrogens is 1. The molecule has 2 aromatic rings. The highest BCUT2D eigenvalue weighted by Crippen LogP contribution is 2.07. The van der Waals surface area contributed by atoms with Crippen LogP contribution < -0.4 is 21.5 Å². The summed E-state index contributed by atoms with van der Waals surface area (Å²) in [4.78, 5) is 0. The topological polar surface area (TPSA) is 3.88 Å². The minimum Gasteiger partial charge on any atom is -1.00 e. The van der Waals surface area contributed by atoms with E-state index in [1.54, 1.807) is 11.3 Å². The van der Waals surface area contributed by atoms with Gasteiger partial charge in [-0.05, 0) is 34.9 Å². The van der Waals surface area contributed by atoms with Crippen LogP contribution in [0.3, 0.4) is 0 Å². The van der Waals surface area contributed by atoms with Crippen molar-refractivity contribution in [2.24, 2.45) is 0 Å². The van der Waals surface area contributed by atoms with Crippen LogP contribution in [0.1, 0.15) is 11.1 Å². The zero-order valence-electron chi connectivity index (χ0n) is 8.43. The molecule has 0 saturated carbocycles. The molecule has 0 aliphatic rings. The van der Waals surface area contributed by atoms with Crippen LogP contribution in [0, 0.1) is 6.92 Å². The third-order valence-electron chi connectivity index (χ3n) is 2.00. The average Bonchev–Trinajstić information content (AvgIpc) is 2.70. The maximum absolute atomic E-state index is 2.13. The average molecular weight is 282 g/mol. The molecule has 0 fully saturated rings. The summed E-state index contributed by atoms with van der Waals surface area (Å²) in [5.74, 6) is 0. The molecule has 0 radical (unpaired) electrons. The lowest BCUT2D eigenvalue weighted by molar-refractivity contribution is -0.567. The van der Waals surface area contributed by atoms with Gasteiger partial charge in [-0.15, -0.1) is 0 Å². The first-order valence-electron chi connectivity index (χ1n) is 4.52. The number of halogens is 1. The third kappa shape index (κ3) is 3.61. The molecule has 2 rings (SSSR count). The summed E-state index contributed by atoms with van der Waals surface area (Å²) in [6.07, 6.45) is 8.27. The molecule has 0 aliphatic carbocycles. The second-order valence-electron chi connectivity index (χ2n) is 3.20. The lowest BCUT2D eigenvalue weighted by atomic mass is 10.3. The maximum atomic E-state index is 2.13. The molecule has 0 unspecified atom stereocenters. The van der Waals surface area contributed by atoms with E-state index < -0.39 is 0 Å². The van der Waals surface area contributed by atoms with Crippen molar-refractivity contribution in [1.82, 2.24) is 0 Å². The van der Waals surface area contributed by atoms with E-state index >= 15 is 0 Å². The summed E-state index contributed by atoms with van der Waals surface area (Å²) < 4.78 is 2.05. The van der Waals surface area contributed by atoms with Crippen LogP contribution in [0.15, 0.2) is 41.4 Å². The van der Waals surface area contributed by atoms with Gasteiger partial charge in [0.05, 0.1) is 0 Å². The Morgan fingerprint density at radius 3 is 2.53 bits per heavy atom. The fourth-order valence-corrected chi connectivity index (χ4v) is 1.78. The van der Waals surface area contributed by atoms with Crippen molar-refractivity contribution in [3.05, 3.63) is 52.5 Å². The van der Waals surface area contributed by atoms with Crippen LogP contribution in [-0.2, 0) is 0 Å². The molecular weight excluding hydrogens is 270 g/mol. The van der Waals surface area contributed by atoms with Gasteiger partial charge in [0.1, 0.15) is 0 Å². The summed E-state index contributed by atoms with van der Waals surface area (Å²) >= 11 is 1.72. The van der Waals surface area contributed by atoms with E-state index in [9.17, 15) is 0 Å². The van der Waals surface area contributed by atoms with Crippen LogP contribution in [0.25, 0.3) is 12.3 Å². The summed E-state index contributed by atoms with van der Waals surface area (Å²) in [5, 5.41) is 4.21. The lowest BCUT2D eigenvalue weighted by Crippen LogP contribution is -3.00. The first-order chi connectivity index (χ1) is 6.84. The van der Waals surface area contributed by atoms with Gasteiger partial charge in [-0.25, -0.2) is 0 Å². The fourth-order valence-electron chi connectivity index (χ4n) is 1.15. The molecule has 2 heterocycles. The van der Waals surface area contributed by atoms with Crippen molar-refractivity contribution in [3.63, 3.8) is 0 Å². The molecule has 0 bridgehead atoms. The molecular formula is C12H12BrNS. The van der Waals surface area contributed by atoms with Crippen LogP contribution in [0.5, 0.6) is 0 Å². The second-order valence-corrected chi connectivity index (χ2v) is 3.98. The molecule has 0 spiro atoms. The fraction of sp³-hybridized carbons (Fsp3) is 0.0833. The Balaban J connectivity index is 0.00000112. The molecule has 2 aromatic heterocycles. The molecule has 0 aliphatic heterocycles. The highest BCUT2D eigenvalue weighted by Gasteiger charge is 1.93. The van der Waals surface area contributed by atoms with Gasteiger partial charge in [0.2, 0.25) is 0 Å². The molecule has 0 aromatic carbocycles. The van der Waals surface area contributed by atoms with E-state index in [-0.39, 0.29) is 17.0 Å². The summed E-state index contributed by atoms with van der Waals surface area (Å²) in [6.45, 7) is 2.09. The van der Waals surface area contributed by atoms with Crippen molar-refractivity contribution in [1.29, 1.82) is 0 Å². The van der Waals surface area contributed by atoms with Crippen LogP contribution >= 0.6 is 11.3 Å². The molecule has 3 heteroatoms. The largest absolute Gasteiger partial charge is 1.00 e. The summed E-state index contributed by atoms with van der Waals surface area (Å²) in [6, 6.07) is 6.30. The van der Waals surface area contributed by atoms with E-state index in [4.69, 9.17) is 0 Å². The third-order valence-corrected chi connectivity index (χ3v) is 2.70. The Morgan fingerprint density at radius 1 is 1.20 bits per heavy atom. The number of hydrogen-bond donors (Lipinski definition) is 0. The van der Waals surface area contributed by atoms with Gasteiger partial charge in [-0.1, -0.05) is 0 Å². The Labute approximate surface area is 104 Å². The Kier molecular flexibility index (Phi) is 4.72. The van der Waals surface area contributed by atoms with Crippen LogP contribution in [-0.4, -0.2) is 0 Å². The first-order valence-corrected chi connectivity index (χ1v) is 5.47. The van der Waals surface area contributed by atoms with Gasteiger partial charge in [-0.2, -0.15) is 15.9 Å². The van der Waals surface area contributed by atoms with E-state index in [1.165, 1.54) is 11.1 Å². The van der Waals surface area contributed by atoms with Gasteiger partial charge in [0.15, 0.2) is 18.6 Å². The summed E-state index contributed by atoms with van der Waals surface area (Å²) in [5.41, 5.74) is 2.54. The van der Waals surface area contributed by atoms with E-state index in [1.807, 2.05) is 4.57 Å². The quantitative estimate of drug-likeness (QED) is 0.682. The normalized spacial score (nSPS) is 10.2. The Hall–Kier alpha value is -0.930. The molecule has 0 atom stereocenters. The number of thiophene rings is 1. The molecule has 0 amide bonds. The number of nitrogens with zero attached hydrogens (tertiary/aromatic N) is 1. The molecule has 1 nitrogen and oxygen atoms in total. The van der Waals surface area contributed by atoms with Gasteiger partial charge in [0, 0.05) is 18.2 Å². The minimum atomic E-state index is 0. The van der Waals surface area contributed by atoms with Crippen molar-refractivity contribution < 1.29 is 21.5 Å². The molecule has 15 heavy (non-hydrogen) atoms. The smallest absolute Gasteiger partial charge is 0.175 e.